The zero-order valence-corrected chi connectivity index (χ0v) is 16.5. The summed E-state index contributed by atoms with van der Waals surface area (Å²) >= 11 is 6.01. The fraction of sp³-hybridized carbons (Fsp3) is 0.0435. The first-order chi connectivity index (χ1) is 14.3. The predicted octanol–water partition coefficient (Wildman–Crippen LogP) is 5.32. The molecule has 7 heteroatoms. The summed E-state index contributed by atoms with van der Waals surface area (Å²) in [5.74, 6) is -2.02. The van der Waals surface area contributed by atoms with Crippen LogP contribution in [0.2, 0.25) is 5.02 Å². The maximum absolute atomic E-state index is 13.4. The molecule has 1 aliphatic rings. The van der Waals surface area contributed by atoms with Crippen LogP contribution in [0.5, 0.6) is 0 Å². The average Bonchev–Trinajstić information content (AvgIpc) is 2.95. The molecule has 0 aromatic heterocycles. The largest absolute Gasteiger partial charge is 0.350 e. The van der Waals surface area contributed by atoms with Gasteiger partial charge in [0.05, 0.1) is 11.3 Å². The van der Waals surface area contributed by atoms with Crippen molar-refractivity contribution in [1.29, 1.82) is 0 Å². The van der Waals surface area contributed by atoms with Crippen LogP contribution in [0.15, 0.2) is 72.4 Å². The highest BCUT2D eigenvalue weighted by atomic mass is 35.5. The summed E-state index contributed by atoms with van der Waals surface area (Å²) in [4.78, 5) is 27.6. The van der Waals surface area contributed by atoms with Crippen molar-refractivity contribution in [3.05, 3.63) is 100 Å². The van der Waals surface area contributed by atoms with Gasteiger partial charge < -0.3 is 5.32 Å². The number of benzene rings is 3. The first-order valence-electron chi connectivity index (χ1n) is 9.03. The van der Waals surface area contributed by atoms with E-state index in [0.717, 1.165) is 4.90 Å². The van der Waals surface area contributed by atoms with Crippen molar-refractivity contribution < 1.29 is 18.4 Å². The van der Waals surface area contributed by atoms with Gasteiger partial charge in [0.25, 0.3) is 11.8 Å². The molecule has 0 unspecified atom stereocenters. The molecule has 3 aromatic carbocycles. The van der Waals surface area contributed by atoms with E-state index >= 15 is 0 Å². The van der Waals surface area contributed by atoms with Gasteiger partial charge in [-0.15, -0.1) is 0 Å². The van der Waals surface area contributed by atoms with Crippen LogP contribution in [0.4, 0.5) is 20.2 Å². The van der Waals surface area contributed by atoms with E-state index in [1.165, 1.54) is 48.5 Å². The minimum Gasteiger partial charge on any atom is -0.350 e. The Kier molecular flexibility index (Phi) is 5.10. The van der Waals surface area contributed by atoms with Gasteiger partial charge in [-0.1, -0.05) is 23.7 Å². The highest BCUT2D eigenvalue weighted by molar-refractivity contribution is 6.46. The molecule has 30 heavy (non-hydrogen) atoms. The highest BCUT2D eigenvalue weighted by Gasteiger charge is 2.40. The van der Waals surface area contributed by atoms with E-state index < -0.39 is 23.4 Å². The molecule has 0 fully saturated rings. The lowest BCUT2D eigenvalue weighted by atomic mass is 10.0. The Bertz CT molecular complexity index is 1190. The molecule has 0 saturated heterocycles. The first-order valence-corrected chi connectivity index (χ1v) is 9.40. The third kappa shape index (κ3) is 3.57. The van der Waals surface area contributed by atoms with Gasteiger partial charge in [0.2, 0.25) is 0 Å². The van der Waals surface area contributed by atoms with Gasteiger partial charge in [-0.3, -0.25) is 9.59 Å². The Morgan fingerprint density at radius 2 is 1.43 bits per heavy atom. The molecule has 0 radical (unpaired) electrons. The number of nitrogens with one attached hydrogen (secondary N) is 1. The van der Waals surface area contributed by atoms with Crippen LogP contribution in [0.1, 0.15) is 11.1 Å². The van der Waals surface area contributed by atoms with Crippen LogP contribution < -0.4 is 10.2 Å². The zero-order valence-electron chi connectivity index (χ0n) is 15.7. The number of imide groups is 1. The topological polar surface area (TPSA) is 49.4 Å². The number of rotatable bonds is 4. The lowest BCUT2D eigenvalue weighted by Crippen LogP contribution is -2.33. The summed E-state index contributed by atoms with van der Waals surface area (Å²) in [5.41, 5.74) is 1.97. The quantitative estimate of drug-likeness (QED) is 0.576. The predicted molar refractivity (Wildman–Crippen MR) is 112 cm³/mol. The van der Waals surface area contributed by atoms with E-state index in [-0.39, 0.29) is 11.3 Å². The molecule has 3 aromatic rings. The van der Waals surface area contributed by atoms with E-state index in [2.05, 4.69) is 5.32 Å². The summed E-state index contributed by atoms with van der Waals surface area (Å²) < 4.78 is 26.7. The number of nitrogens with zero attached hydrogens (tertiary/aromatic N) is 1. The Labute approximate surface area is 176 Å². The molecule has 4 nitrogen and oxygen atoms in total. The molecular weight excluding hydrogens is 410 g/mol. The van der Waals surface area contributed by atoms with Crippen molar-refractivity contribution >= 4 is 40.4 Å². The van der Waals surface area contributed by atoms with Crippen LogP contribution in [-0.2, 0) is 9.59 Å². The van der Waals surface area contributed by atoms with E-state index in [4.69, 9.17) is 11.6 Å². The maximum Gasteiger partial charge on any atom is 0.282 e. The SMILES string of the molecule is Cc1cc(Cl)ccc1N1C(=O)C(Nc2ccc(F)cc2)=C(c2ccc(F)cc2)C1=O. The second-order valence-corrected chi connectivity index (χ2v) is 7.20. The molecule has 0 saturated carbocycles. The Hall–Kier alpha value is -3.51. The molecule has 0 aliphatic carbocycles. The molecule has 1 heterocycles. The van der Waals surface area contributed by atoms with Crippen molar-refractivity contribution in [3.63, 3.8) is 0 Å². The fourth-order valence-electron chi connectivity index (χ4n) is 3.30. The molecule has 0 spiro atoms. The minimum atomic E-state index is -0.575. The molecular formula is C23H15ClF2N2O2. The van der Waals surface area contributed by atoms with Gasteiger partial charge in [-0.25, -0.2) is 13.7 Å². The second-order valence-electron chi connectivity index (χ2n) is 6.77. The molecule has 0 bridgehead atoms. The number of carbonyl (C=O) groups excluding carboxylic acids is 2. The van der Waals surface area contributed by atoms with Gasteiger partial charge in [0.15, 0.2) is 0 Å². The van der Waals surface area contributed by atoms with E-state index in [0.29, 0.717) is 27.5 Å². The number of anilines is 2. The Morgan fingerprint density at radius 3 is 2.03 bits per heavy atom. The van der Waals surface area contributed by atoms with Crippen molar-refractivity contribution in [3.8, 4) is 0 Å². The zero-order chi connectivity index (χ0) is 21.4. The number of carbonyl (C=O) groups is 2. The third-order valence-corrected chi connectivity index (χ3v) is 4.97. The van der Waals surface area contributed by atoms with Crippen LogP contribution in [0.25, 0.3) is 5.57 Å². The Balaban J connectivity index is 1.83. The molecule has 150 valence electrons. The molecule has 2 amide bonds. The monoisotopic (exact) mass is 424 g/mol. The standard InChI is InChI=1S/C23H15ClF2N2O2/c1-13-12-15(24)4-11-19(13)28-22(29)20(14-2-5-16(25)6-3-14)21(23(28)30)27-18-9-7-17(26)8-10-18/h2-12,27H,1H3. The van der Waals surface area contributed by atoms with Gasteiger partial charge in [0, 0.05) is 10.7 Å². The summed E-state index contributed by atoms with van der Waals surface area (Å²) in [6.07, 6.45) is 0. The van der Waals surface area contributed by atoms with Crippen LogP contribution in [0, 0.1) is 18.6 Å². The highest BCUT2D eigenvalue weighted by Crippen LogP contribution is 2.35. The smallest absolute Gasteiger partial charge is 0.282 e. The maximum atomic E-state index is 13.4. The lowest BCUT2D eigenvalue weighted by molar-refractivity contribution is -0.120. The summed E-state index contributed by atoms with van der Waals surface area (Å²) in [5, 5.41) is 3.40. The number of aryl methyl sites for hydroxylation is 1. The summed E-state index contributed by atoms with van der Waals surface area (Å²) in [6.45, 7) is 1.74. The van der Waals surface area contributed by atoms with E-state index in [1.54, 1.807) is 25.1 Å². The summed E-state index contributed by atoms with van der Waals surface area (Å²) in [6, 6.07) is 15.5. The molecule has 4 rings (SSSR count). The number of halogens is 3. The van der Waals surface area contributed by atoms with Crippen LogP contribution in [-0.4, -0.2) is 11.8 Å². The first kappa shape index (κ1) is 19.8. The normalized spacial score (nSPS) is 13.9. The van der Waals surface area contributed by atoms with E-state index in [1.807, 2.05) is 0 Å². The van der Waals surface area contributed by atoms with Crippen molar-refractivity contribution in [2.24, 2.45) is 0 Å². The van der Waals surface area contributed by atoms with Crippen LogP contribution >= 0.6 is 11.6 Å². The number of amides is 2. The van der Waals surface area contributed by atoms with Gasteiger partial charge >= 0.3 is 0 Å². The number of hydrogen-bond acceptors (Lipinski definition) is 3. The summed E-state index contributed by atoms with van der Waals surface area (Å²) in [7, 11) is 0. The van der Waals surface area contributed by atoms with Crippen molar-refractivity contribution in [1.82, 2.24) is 0 Å². The van der Waals surface area contributed by atoms with Gasteiger partial charge in [-0.05, 0) is 72.6 Å². The average molecular weight is 425 g/mol. The van der Waals surface area contributed by atoms with Crippen molar-refractivity contribution in [2.75, 3.05) is 10.2 Å². The van der Waals surface area contributed by atoms with Gasteiger partial charge in [-0.2, -0.15) is 0 Å². The van der Waals surface area contributed by atoms with Crippen LogP contribution in [0.3, 0.4) is 0 Å². The minimum absolute atomic E-state index is 0.0209. The van der Waals surface area contributed by atoms with Crippen molar-refractivity contribution in [2.45, 2.75) is 6.92 Å². The number of hydrogen-bond donors (Lipinski definition) is 1. The molecule has 1 N–H and O–H groups in total. The van der Waals surface area contributed by atoms with E-state index in [9.17, 15) is 18.4 Å². The second kappa shape index (κ2) is 7.72. The fourth-order valence-corrected chi connectivity index (χ4v) is 3.52. The van der Waals surface area contributed by atoms with Gasteiger partial charge in [0.1, 0.15) is 17.3 Å². The molecule has 0 atom stereocenters. The molecule has 1 aliphatic heterocycles. The lowest BCUT2D eigenvalue weighted by Gasteiger charge is -2.18. The Morgan fingerprint density at radius 1 is 0.833 bits per heavy atom. The third-order valence-electron chi connectivity index (χ3n) is 4.73.